The molecule has 2 aromatic heterocycles. The highest BCUT2D eigenvalue weighted by molar-refractivity contribution is 5.77. The number of aromatic nitrogens is 2. The van der Waals surface area contributed by atoms with Gasteiger partial charge in [-0.15, -0.1) is 0 Å². The molecule has 0 radical (unpaired) electrons. The minimum Gasteiger partial charge on any atom is -0.201 e. The van der Waals surface area contributed by atoms with E-state index >= 15 is 0 Å². The molecular formula is C46H52N2+2. The normalized spacial score (nSPS) is 14.2. The van der Waals surface area contributed by atoms with Gasteiger partial charge in [0.15, 0.2) is 12.4 Å². The Morgan fingerprint density at radius 3 is 1.42 bits per heavy atom. The summed E-state index contributed by atoms with van der Waals surface area (Å²) in [5.74, 6) is 0. The average Bonchev–Trinajstić information content (AvgIpc) is 3.12. The molecule has 0 N–H and O–H groups in total. The highest BCUT2D eigenvalue weighted by atomic mass is 14.9. The van der Waals surface area contributed by atoms with Crippen molar-refractivity contribution < 1.29 is 20.1 Å². The van der Waals surface area contributed by atoms with Crippen LogP contribution >= 0.6 is 0 Å². The Bertz CT molecular complexity index is 2360. The van der Waals surface area contributed by atoms with Crippen LogP contribution in [0.2, 0.25) is 0 Å². The van der Waals surface area contributed by atoms with E-state index in [1.54, 1.807) is 36.7 Å². The topological polar surface area (TPSA) is 7.76 Å². The molecule has 0 unspecified atom stereocenters. The summed E-state index contributed by atoms with van der Waals surface area (Å²) < 4.78 is 67.9. The Kier molecular flexibility index (Phi) is 7.86. The van der Waals surface area contributed by atoms with E-state index < -0.39 is 20.1 Å². The third-order valence-electron chi connectivity index (χ3n) is 9.17. The molecule has 2 nitrogen and oxygen atoms in total. The first-order chi connectivity index (χ1) is 26.1. The second-order valence-corrected chi connectivity index (χ2v) is 12.6. The fraction of sp³-hybridized carbons (Fsp3) is 0.261. The number of nitrogens with zero attached hydrogens (tertiary/aromatic N) is 2. The van der Waals surface area contributed by atoms with Crippen LogP contribution in [0.1, 0.15) is 69.3 Å². The predicted molar refractivity (Wildman–Crippen MR) is 204 cm³/mol. The van der Waals surface area contributed by atoms with E-state index in [-0.39, 0.29) is 16.7 Å². The smallest absolute Gasteiger partial charge is 0.201 e. The van der Waals surface area contributed by atoms with E-state index in [2.05, 4.69) is 94.0 Å². The maximum atomic E-state index is 8.20. The van der Waals surface area contributed by atoms with Crippen molar-refractivity contribution in [3.63, 3.8) is 0 Å². The van der Waals surface area contributed by atoms with Gasteiger partial charge in [0.05, 0.1) is 0 Å². The van der Waals surface area contributed by atoms with E-state index in [4.69, 9.17) is 11.0 Å². The van der Waals surface area contributed by atoms with Crippen LogP contribution in [0.25, 0.3) is 44.8 Å². The fourth-order valence-electron chi connectivity index (χ4n) is 6.49. The van der Waals surface area contributed by atoms with Gasteiger partial charge < -0.3 is 0 Å². The molecule has 0 aliphatic rings. The van der Waals surface area contributed by atoms with Crippen molar-refractivity contribution in [3.8, 4) is 44.8 Å². The highest BCUT2D eigenvalue weighted by Crippen LogP contribution is 2.33. The van der Waals surface area contributed by atoms with Crippen molar-refractivity contribution in [1.29, 1.82) is 0 Å². The molecule has 2 heterocycles. The molecule has 0 saturated carbocycles. The third-order valence-corrected chi connectivity index (χ3v) is 9.17. The zero-order valence-corrected chi connectivity index (χ0v) is 29.5. The molecule has 0 fully saturated rings. The number of hydrogen-bond donors (Lipinski definition) is 0. The molecule has 0 bridgehead atoms. The minimum absolute atomic E-state index is 0.0451. The summed E-state index contributed by atoms with van der Waals surface area (Å²) in [5, 5.41) is 0. The van der Waals surface area contributed by atoms with E-state index in [0.717, 1.165) is 12.0 Å². The monoisotopic (exact) mass is 640 g/mol. The zero-order valence-electron chi connectivity index (χ0n) is 37.5. The fourth-order valence-corrected chi connectivity index (χ4v) is 6.49. The Morgan fingerprint density at radius 1 is 0.500 bits per heavy atom. The van der Waals surface area contributed by atoms with Crippen LogP contribution in [-0.2, 0) is 26.9 Å². The van der Waals surface area contributed by atoms with Crippen LogP contribution in [0.4, 0.5) is 0 Å². The summed E-state index contributed by atoms with van der Waals surface area (Å²) in [6, 6.07) is 31.9. The van der Waals surface area contributed by atoms with Crippen molar-refractivity contribution in [2.24, 2.45) is 14.1 Å². The first-order valence-corrected chi connectivity index (χ1v) is 16.5. The first-order valence-electron chi connectivity index (χ1n) is 20.5. The lowest BCUT2D eigenvalue weighted by atomic mass is 9.92. The second-order valence-electron chi connectivity index (χ2n) is 12.6. The second kappa shape index (κ2) is 14.9. The number of pyridine rings is 2. The highest BCUT2D eigenvalue weighted by Gasteiger charge is 2.19. The van der Waals surface area contributed by atoms with Gasteiger partial charge in [0.1, 0.15) is 14.1 Å². The Balaban J connectivity index is 0.000000223. The molecule has 2 heteroatoms. The molecule has 0 aliphatic carbocycles. The largest absolute Gasteiger partial charge is 0.212 e. The quantitative estimate of drug-likeness (QED) is 0.160. The van der Waals surface area contributed by atoms with Crippen molar-refractivity contribution in [3.05, 3.63) is 154 Å². The van der Waals surface area contributed by atoms with E-state index in [9.17, 15) is 0 Å². The molecule has 0 amide bonds. The minimum atomic E-state index is -2.47. The van der Waals surface area contributed by atoms with Crippen molar-refractivity contribution in [2.75, 3.05) is 0 Å². The standard InChI is InChI=1S/2C23H26N/c2*1-6-19-13-23(24(5)15-18(19)4)22-14-21(16(2)12-17(22)3)20-10-8-7-9-11-20/h2*7-15H,6H2,1-5H3/q2*+1/i2D3,4D3,6D2;. The molecule has 4 aromatic carbocycles. The maximum Gasteiger partial charge on any atom is 0.212 e. The summed E-state index contributed by atoms with van der Waals surface area (Å²) in [5.41, 5.74) is 14.2. The van der Waals surface area contributed by atoms with Gasteiger partial charge in [-0.25, -0.2) is 9.13 Å². The van der Waals surface area contributed by atoms with Crippen molar-refractivity contribution in [1.82, 2.24) is 0 Å². The molecule has 48 heavy (non-hydrogen) atoms. The molecule has 0 aliphatic heterocycles. The van der Waals surface area contributed by atoms with Crippen LogP contribution in [-0.4, -0.2) is 0 Å². The van der Waals surface area contributed by atoms with Crippen LogP contribution in [0, 0.1) is 41.4 Å². The lowest BCUT2D eigenvalue weighted by Crippen LogP contribution is -2.31. The van der Waals surface area contributed by atoms with Gasteiger partial charge >= 0.3 is 0 Å². The Morgan fingerprint density at radius 2 is 0.938 bits per heavy atom. The van der Waals surface area contributed by atoms with Gasteiger partial charge in [-0.2, -0.15) is 0 Å². The molecule has 0 saturated heterocycles. The van der Waals surface area contributed by atoms with Gasteiger partial charge in [-0.3, -0.25) is 0 Å². The lowest BCUT2D eigenvalue weighted by Gasteiger charge is -2.13. The summed E-state index contributed by atoms with van der Waals surface area (Å²) in [6.45, 7) is 7.19. The summed E-state index contributed by atoms with van der Waals surface area (Å²) >= 11 is 0. The van der Waals surface area contributed by atoms with Crippen LogP contribution in [0.3, 0.4) is 0 Å². The summed E-state index contributed by atoms with van der Waals surface area (Å²) in [4.78, 5) is 0. The van der Waals surface area contributed by atoms with Gasteiger partial charge in [-0.1, -0.05) is 86.6 Å². The predicted octanol–water partition coefficient (Wildman–Crippen LogP) is 10.7. The van der Waals surface area contributed by atoms with E-state index in [0.29, 0.717) is 22.4 Å². The number of rotatable bonds is 6. The molecule has 0 spiro atoms. The lowest BCUT2D eigenvalue weighted by molar-refractivity contribution is -0.660. The van der Waals surface area contributed by atoms with Crippen molar-refractivity contribution in [2.45, 2.75) is 68.0 Å². The van der Waals surface area contributed by atoms with Gasteiger partial charge in [0.25, 0.3) is 0 Å². The van der Waals surface area contributed by atoms with Crippen LogP contribution in [0.15, 0.2) is 109 Å². The van der Waals surface area contributed by atoms with Crippen molar-refractivity contribution >= 4 is 0 Å². The van der Waals surface area contributed by atoms with E-state index in [1.165, 1.54) is 57.8 Å². The van der Waals surface area contributed by atoms with Crippen LogP contribution in [0.5, 0.6) is 0 Å². The average molecular weight is 641 g/mol. The van der Waals surface area contributed by atoms with Gasteiger partial charge in [0, 0.05) is 45.4 Å². The van der Waals surface area contributed by atoms with Crippen LogP contribution < -0.4 is 9.13 Å². The number of hydrogen-bond acceptors (Lipinski definition) is 0. The van der Waals surface area contributed by atoms with Gasteiger partial charge in [-0.05, 0) is 122 Å². The van der Waals surface area contributed by atoms with E-state index in [1.807, 2.05) is 30.3 Å². The summed E-state index contributed by atoms with van der Waals surface area (Å²) in [6.07, 6.45) is 2.88. The van der Waals surface area contributed by atoms with Gasteiger partial charge in [0.2, 0.25) is 11.4 Å². The Labute approximate surface area is 300 Å². The molecular weight excluding hydrogens is 581 g/mol. The maximum absolute atomic E-state index is 8.20. The number of aryl methyl sites for hydroxylation is 10. The Hall–Kier alpha value is -4.82. The first kappa shape index (κ1) is 25.2. The zero-order chi connectivity index (χ0) is 41.3. The molecule has 6 aromatic rings. The third kappa shape index (κ3) is 7.34. The summed E-state index contributed by atoms with van der Waals surface area (Å²) in [7, 11) is 3.85. The molecule has 6 rings (SSSR count). The SMILES string of the molecule is CCc1cc(-c2cc(-c3ccccc3)c(C)cc2C)[n+](C)cc1C.[2H]C([2H])([2H])c1cc(C)c(-c2cc(C([2H])([2H])C)c(C([2H])([2H])[2H])c[n+]2C)cc1-c1ccccc1. The number of benzene rings is 4. The molecule has 0 atom stereocenters. The molecule has 244 valence electrons.